The van der Waals surface area contributed by atoms with Gasteiger partial charge >= 0.3 is 0 Å². The van der Waals surface area contributed by atoms with Gasteiger partial charge in [0, 0.05) is 12.1 Å². The standard InChI is InChI=1S/C15H27N/c1-2-9-14(10-3-1)16-12-6-8-13-7-4-5-11-15(13)16/h13-15H,1-12H2. The molecule has 92 valence electrons. The van der Waals surface area contributed by atoms with Gasteiger partial charge in [0.2, 0.25) is 0 Å². The molecule has 2 aliphatic carbocycles. The summed E-state index contributed by atoms with van der Waals surface area (Å²) < 4.78 is 0. The predicted molar refractivity (Wildman–Crippen MR) is 68.6 cm³/mol. The molecular formula is C15H27N. The zero-order valence-electron chi connectivity index (χ0n) is 10.7. The van der Waals surface area contributed by atoms with Crippen LogP contribution in [0.4, 0.5) is 0 Å². The Labute approximate surface area is 101 Å². The molecule has 16 heavy (non-hydrogen) atoms. The second-order valence-corrected chi connectivity index (χ2v) is 6.28. The summed E-state index contributed by atoms with van der Waals surface area (Å²) in [4.78, 5) is 2.95. The minimum atomic E-state index is 0.972. The van der Waals surface area contributed by atoms with E-state index in [9.17, 15) is 0 Å². The van der Waals surface area contributed by atoms with Gasteiger partial charge in [0.25, 0.3) is 0 Å². The monoisotopic (exact) mass is 221 g/mol. The van der Waals surface area contributed by atoms with E-state index in [2.05, 4.69) is 4.90 Å². The van der Waals surface area contributed by atoms with Gasteiger partial charge in [-0.2, -0.15) is 0 Å². The first-order chi connectivity index (χ1) is 7.95. The van der Waals surface area contributed by atoms with Crippen molar-refractivity contribution in [1.82, 2.24) is 4.90 Å². The Kier molecular flexibility index (Phi) is 3.51. The van der Waals surface area contributed by atoms with Gasteiger partial charge in [-0.15, -0.1) is 0 Å². The molecule has 3 rings (SSSR count). The van der Waals surface area contributed by atoms with Crippen LogP contribution in [0.25, 0.3) is 0 Å². The minimum absolute atomic E-state index is 0.972. The summed E-state index contributed by atoms with van der Waals surface area (Å²) >= 11 is 0. The number of nitrogens with zero attached hydrogens (tertiary/aromatic N) is 1. The van der Waals surface area contributed by atoms with Crippen LogP contribution in [0, 0.1) is 5.92 Å². The van der Waals surface area contributed by atoms with Crippen LogP contribution in [0.3, 0.4) is 0 Å². The smallest absolute Gasteiger partial charge is 0.0126 e. The Hall–Kier alpha value is -0.0400. The molecule has 0 N–H and O–H groups in total. The molecule has 0 bridgehead atoms. The summed E-state index contributed by atoms with van der Waals surface area (Å²) in [5.41, 5.74) is 0. The lowest BCUT2D eigenvalue weighted by Crippen LogP contribution is -2.52. The molecule has 0 radical (unpaired) electrons. The van der Waals surface area contributed by atoms with E-state index >= 15 is 0 Å². The molecule has 1 nitrogen and oxygen atoms in total. The van der Waals surface area contributed by atoms with Gasteiger partial charge in [0.15, 0.2) is 0 Å². The van der Waals surface area contributed by atoms with E-state index in [0.29, 0.717) is 0 Å². The third-order valence-electron chi connectivity index (χ3n) is 5.33. The summed E-state index contributed by atoms with van der Waals surface area (Å²) in [5.74, 6) is 1.07. The average Bonchev–Trinajstić information content (AvgIpc) is 2.39. The molecule has 2 atom stereocenters. The third kappa shape index (κ3) is 2.16. The summed E-state index contributed by atoms with van der Waals surface area (Å²) in [5, 5.41) is 0. The van der Waals surface area contributed by atoms with Gasteiger partial charge in [0.1, 0.15) is 0 Å². The van der Waals surface area contributed by atoms with Gasteiger partial charge in [-0.3, -0.25) is 4.90 Å². The van der Waals surface area contributed by atoms with Crippen LogP contribution < -0.4 is 0 Å². The topological polar surface area (TPSA) is 3.24 Å². The number of fused-ring (bicyclic) bond motifs is 1. The molecule has 0 aromatic carbocycles. The van der Waals surface area contributed by atoms with Crippen LogP contribution in [0.15, 0.2) is 0 Å². The number of piperidine rings is 1. The molecule has 1 heterocycles. The Morgan fingerprint density at radius 3 is 2.19 bits per heavy atom. The number of rotatable bonds is 1. The van der Waals surface area contributed by atoms with Gasteiger partial charge < -0.3 is 0 Å². The van der Waals surface area contributed by atoms with Crippen LogP contribution in [-0.4, -0.2) is 23.5 Å². The van der Waals surface area contributed by atoms with Crippen molar-refractivity contribution in [3.8, 4) is 0 Å². The van der Waals surface area contributed by atoms with E-state index in [1.807, 2.05) is 0 Å². The Balaban J connectivity index is 1.67. The molecule has 0 amide bonds. The highest BCUT2D eigenvalue weighted by molar-refractivity contribution is 4.91. The summed E-state index contributed by atoms with van der Waals surface area (Å²) in [6, 6.07) is 1.96. The fourth-order valence-corrected chi connectivity index (χ4v) is 4.53. The largest absolute Gasteiger partial charge is 0.297 e. The predicted octanol–water partition coefficient (Wildman–Crippen LogP) is 3.97. The van der Waals surface area contributed by atoms with Crippen molar-refractivity contribution in [3.05, 3.63) is 0 Å². The first-order valence-electron chi connectivity index (χ1n) is 7.71. The lowest BCUT2D eigenvalue weighted by molar-refractivity contribution is 0.0132. The van der Waals surface area contributed by atoms with Crippen molar-refractivity contribution in [1.29, 1.82) is 0 Å². The van der Waals surface area contributed by atoms with Crippen LogP contribution >= 0.6 is 0 Å². The van der Waals surface area contributed by atoms with E-state index < -0.39 is 0 Å². The Bertz CT molecular complexity index is 217. The second kappa shape index (κ2) is 5.08. The Morgan fingerprint density at radius 1 is 0.625 bits per heavy atom. The molecular weight excluding hydrogens is 194 g/mol. The van der Waals surface area contributed by atoms with Gasteiger partial charge in [-0.05, 0) is 51.0 Å². The minimum Gasteiger partial charge on any atom is -0.297 e. The molecule has 2 saturated carbocycles. The molecule has 0 aromatic heterocycles. The van der Waals surface area contributed by atoms with E-state index in [4.69, 9.17) is 0 Å². The van der Waals surface area contributed by atoms with Crippen molar-refractivity contribution in [2.45, 2.75) is 82.7 Å². The summed E-state index contributed by atoms with van der Waals surface area (Å²) in [7, 11) is 0. The van der Waals surface area contributed by atoms with E-state index in [0.717, 1.165) is 18.0 Å². The number of likely N-dealkylation sites (tertiary alicyclic amines) is 1. The number of hydrogen-bond acceptors (Lipinski definition) is 1. The van der Waals surface area contributed by atoms with Gasteiger partial charge in [-0.25, -0.2) is 0 Å². The highest BCUT2D eigenvalue weighted by atomic mass is 15.2. The molecule has 0 aromatic rings. The molecule has 1 aliphatic heterocycles. The molecule has 3 aliphatic rings. The lowest BCUT2D eigenvalue weighted by atomic mass is 9.76. The first-order valence-corrected chi connectivity index (χ1v) is 7.71. The lowest BCUT2D eigenvalue weighted by Gasteiger charge is -2.48. The van der Waals surface area contributed by atoms with Crippen LogP contribution in [0.5, 0.6) is 0 Å². The van der Waals surface area contributed by atoms with E-state index in [1.165, 1.54) is 77.2 Å². The van der Waals surface area contributed by atoms with Crippen molar-refractivity contribution in [2.24, 2.45) is 5.92 Å². The van der Waals surface area contributed by atoms with Gasteiger partial charge in [0.05, 0.1) is 0 Å². The molecule has 0 spiro atoms. The van der Waals surface area contributed by atoms with Gasteiger partial charge in [-0.1, -0.05) is 32.1 Å². The first kappa shape index (κ1) is 11.1. The maximum Gasteiger partial charge on any atom is 0.0126 e. The normalized spacial score (nSPS) is 38.2. The molecule has 3 fully saturated rings. The van der Waals surface area contributed by atoms with Crippen LogP contribution in [0.1, 0.15) is 70.6 Å². The van der Waals surface area contributed by atoms with Crippen LogP contribution in [-0.2, 0) is 0 Å². The zero-order chi connectivity index (χ0) is 10.8. The molecule has 1 saturated heterocycles. The van der Waals surface area contributed by atoms with Crippen molar-refractivity contribution < 1.29 is 0 Å². The number of hydrogen-bond donors (Lipinski definition) is 0. The quantitative estimate of drug-likeness (QED) is 0.647. The van der Waals surface area contributed by atoms with Crippen molar-refractivity contribution in [3.63, 3.8) is 0 Å². The molecule has 1 heteroatoms. The second-order valence-electron chi connectivity index (χ2n) is 6.28. The maximum absolute atomic E-state index is 2.95. The van der Waals surface area contributed by atoms with Crippen molar-refractivity contribution >= 4 is 0 Å². The summed E-state index contributed by atoms with van der Waals surface area (Å²) in [6.07, 6.45) is 16.6. The maximum atomic E-state index is 2.95. The average molecular weight is 221 g/mol. The highest BCUT2D eigenvalue weighted by Gasteiger charge is 2.36. The zero-order valence-corrected chi connectivity index (χ0v) is 10.7. The third-order valence-corrected chi connectivity index (χ3v) is 5.33. The fraction of sp³-hybridized carbons (Fsp3) is 1.00. The van der Waals surface area contributed by atoms with Crippen LogP contribution in [0.2, 0.25) is 0 Å². The van der Waals surface area contributed by atoms with Crippen molar-refractivity contribution in [2.75, 3.05) is 6.54 Å². The summed E-state index contributed by atoms with van der Waals surface area (Å²) in [6.45, 7) is 1.42. The van der Waals surface area contributed by atoms with E-state index in [1.54, 1.807) is 0 Å². The Morgan fingerprint density at radius 2 is 1.31 bits per heavy atom. The fourth-order valence-electron chi connectivity index (χ4n) is 4.53. The molecule has 2 unspecified atom stereocenters. The SMILES string of the molecule is C1CCC(N2CCCC3CCCCC32)CC1. The highest BCUT2D eigenvalue weighted by Crippen LogP contribution is 2.38. The van der Waals surface area contributed by atoms with E-state index in [-0.39, 0.29) is 0 Å².